The minimum absolute atomic E-state index is 0.134. The van der Waals surface area contributed by atoms with Gasteiger partial charge in [0.05, 0.1) is 9.83 Å². The van der Waals surface area contributed by atoms with Crippen LogP contribution in [0.1, 0.15) is 31.2 Å². The van der Waals surface area contributed by atoms with Gasteiger partial charge in [-0.3, -0.25) is 29.4 Å². The summed E-state index contributed by atoms with van der Waals surface area (Å²) in [6, 6.07) is 9.41. The van der Waals surface area contributed by atoms with Gasteiger partial charge in [0.25, 0.3) is 16.8 Å². The Kier molecular flexibility index (Phi) is 7.21. The van der Waals surface area contributed by atoms with Crippen molar-refractivity contribution >= 4 is 40.6 Å². The third-order valence-electron chi connectivity index (χ3n) is 5.46. The molecule has 11 heteroatoms. The summed E-state index contributed by atoms with van der Waals surface area (Å²) in [6.45, 7) is 1.08. The van der Waals surface area contributed by atoms with Gasteiger partial charge in [-0.2, -0.15) is 0 Å². The van der Waals surface area contributed by atoms with Crippen molar-refractivity contribution in [2.24, 2.45) is 0 Å². The zero-order valence-corrected chi connectivity index (χ0v) is 19.0. The monoisotopic (exact) mass is 482 g/mol. The molecule has 0 unspecified atom stereocenters. The highest BCUT2D eigenvalue weighted by atomic mass is 32.2. The summed E-state index contributed by atoms with van der Waals surface area (Å²) in [5.74, 6) is -0.0245. The molecule has 0 aliphatic carbocycles. The highest BCUT2D eigenvalue weighted by molar-refractivity contribution is 8.18. The van der Waals surface area contributed by atoms with Crippen LogP contribution in [-0.2, 0) is 9.59 Å². The van der Waals surface area contributed by atoms with Crippen LogP contribution in [0.4, 0.5) is 10.5 Å². The molecule has 0 saturated carbocycles. The third-order valence-corrected chi connectivity index (χ3v) is 6.36. The Labute approximate surface area is 199 Å². The first kappa shape index (κ1) is 23.4. The Morgan fingerprint density at radius 3 is 2.41 bits per heavy atom. The number of rotatable bonds is 6. The zero-order valence-electron chi connectivity index (χ0n) is 18.2. The molecule has 2 aliphatic heterocycles. The lowest BCUT2D eigenvalue weighted by Crippen LogP contribution is -2.42. The number of ether oxygens (including phenoxy) is 1. The zero-order chi connectivity index (χ0) is 24.1. The molecule has 3 amide bonds. The molecule has 0 radical (unpaired) electrons. The molecule has 34 heavy (non-hydrogen) atoms. The maximum Gasteiger partial charge on any atom is 0.294 e. The van der Waals surface area contributed by atoms with Crippen LogP contribution in [-0.4, -0.2) is 56.4 Å². The molecule has 3 heterocycles. The second-order valence-electron chi connectivity index (χ2n) is 7.85. The van der Waals surface area contributed by atoms with Gasteiger partial charge in [-0.05, 0) is 48.4 Å². The van der Waals surface area contributed by atoms with E-state index in [0.717, 1.165) is 48.5 Å². The van der Waals surface area contributed by atoms with Gasteiger partial charge in [-0.1, -0.05) is 25.0 Å². The van der Waals surface area contributed by atoms with Crippen LogP contribution < -0.4 is 4.74 Å². The number of hydrogen-bond donors (Lipinski definition) is 0. The number of pyridine rings is 1. The highest BCUT2D eigenvalue weighted by Crippen LogP contribution is 2.32. The van der Waals surface area contributed by atoms with Gasteiger partial charge in [0, 0.05) is 25.2 Å². The van der Waals surface area contributed by atoms with Crippen molar-refractivity contribution in [2.75, 3.05) is 19.6 Å². The number of carbonyl (C=O) groups is 3. The molecule has 0 bridgehead atoms. The minimum atomic E-state index is -0.544. The maximum atomic E-state index is 12.8. The summed E-state index contributed by atoms with van der Waals surface area (Å²) in [5, 5.41) is 10.2. The van der Waals surface area contributed by atoms with Crippen LogP contribution in [0.25, 0.3) is 6.08 Å². The molecule has 0 spiro atoms. The van der Waals surface area contributed by atoms with Crippen molar-refractivity contribution in [3.8, 4) is 11.6 Å². The quantitative estimate of drug-likeness (QED) is 0.341. The van der Waals surface area contributed by atoms with E-state index in [4.69, 9.17) is 4.74 Å². The molecule has 2 aromatic rings. The van der Waals surface area contributed by atoms with E-state index in [1.807, 2.05) is 0 Å². The van der Waals surface area contributed by atoms with Crippen LogP contribution in [0, 0.1) is 10.1 Å². The summed E-state index contributed by atoms with van der Waals surface area (Å²) in [6.07, 6.45) is 6.75. The van der Waals surface area contributed by atoms with Crippen molar-refractivity contribution in [2.45, 2.75) is 25.7 Å². The average Bonchev–Trinajstić information content (AvgIpc) is 3.02. The van der Waals surface area contributed by atoms with E-state index in [1.165, 1.54) is 12.1 Å². The van der Waals surface area contributed by atoms with Crippen LogP contribution in [0.5, 0.6) is 11.6 Å². The van der Waals surface area contributed by atoms with E-state index in [1.54, 1.807) is 35.2 Å². The number of hydrogen-bond acceptors (Lipinski definition) is 8. The van der Waals surface area contributed by atoms with Gasteiger partial charge in [-0.25, -0.2) is 4.98 Å². The second kappa shape index (κ2) is 10.5. The molecule has 10 nitrogen and oxygen atoms in total. The second-order valence-corrected chi connectivity index (χ2v) is 8.84. The largest absolute Gasteiger partial charge is 0.439 e. The molecule has 4 rings (SSSR count). The van der Waals surface area contributed by atoms with Gasteiger partial charge >= 0.3 is 0 Å². The van der Waals surface area contributed by atoms with E-state index in [9.17, 15) is 24.5 Å². The first-order valence-electron chi connectivity index (χ1n) is 10.8. The van der Waals surface area contributed by atoms with E-state index < -0.39 is 16.1 Å². The Morgan fingerprint density at radius 1 is 1.09 bits per heavy atom. The van der Waals surface area contributed by atoms with Crippen LogP contribution >= 0.6 is 11.8 Å². The number of imide groups is 1. The molecule has 176 valence electrons. The van der Waals surface area contributed by atoms with Gasteiger partial charge in [0.1, 0.15) is 18.5 Å². The fourth-order valence-electron chi connectivity index (χ4n) is 3.64. The minimum Gasteiger partial charge on any atom is -0.439 e. The van der Waals surface area contributed by atoms with Crippen molar-refractivity contribution in [1.82, 2.24) is 14.8 Å². The Hall–Kier alpha value is -3.73. The Balaban J connectivity index is 1.38. The van der Waals surface area contributed by atoms with Crippen molar-refractivity contribution in [3.63, 3.8) is 0 Å². The summed E-state index contributed by atoms with van der Waals surface area (Å²) in [5.41, 5.74) is 0.540. The summed E-state index contributed by atoms with van der Waals surface area (Å²) >= 11 is 0.811. The van der Waals surface area contributed by atoms with Gasteiger partial charge in [-0.15, -0.1) is 0 Å². The molecular weight excluding hydrogens is 460 g/mol. The first-order valence-corrected chi connectivity index (χ1v) is 11.6. The van der Waals surface area contributed by atoms with E-state index in [-0.39, 0.29) is 28.9 Å². The lowest BCUT2D eigenvalue weighted by molar-refractivity contribution is -0.385. The number of aromatic nitrogens is 1. The smallest absolute Gasteiger partial charge is 0.294 e. The third kappa shape index (κ3) is 5.60. The number of thioether (sulfide) groups is 1. The molecular formula is C23H22N4O6S. The van der Waals surface area contributed by atoms with Gasteiger partial charge in [0.2, 0.25) is 11.8 Å². The predicted octanol–water partition coefficient (Wildman–Crippen LogP) is 4.22. The number of nitrogens with zero attached hydrogens (tertiary/aromatic N) is 4. The number of amides is 3. The predicted molar refractivity (Wildman–Crippen MR) is 125 cm³/mol. The lowest BCUT2D eigenvalue weighted by atomic mass is 10.2. The Morgan fingerprint density at radius 2 is 1.79 bits per heavy atom. The highest BCUT2D eigenvalue weighted by Gasteiger charge is 2.37. The van der Waals surface area contributed by atoms with E-state index in [2.05, 4.69) is 4.98 Å². The van der Waals surface area contributed by atoms with E-state index >= 15 is 0 Å². The molecule has 0 N–H and O–H groups in total. The fourth-order valence-corrected chi connectivity index (χ4v) is 4.48. The Bertz CT molecular complexity index is 1130. The number of benzene rings is 1. The number of carbonyl (C=O) groups excluding carboxylic acids is 3. The SMILES string of the molecule is O=C(CN1C(=O)S/C(=C\c2ccc(Oc3ccc([N+](=O)[O-])cn3)cc2)C1=O)N1CCCCCC1. The molecule has 1 aromatic carbocycles. The molecule has 0 atom stereocenters. The van der Waals surface area contributed by atoms with Gasteiger partial charge < -0.3 is 9.64 Å². The number of nitro groups is 1. The topological polar surface area (TPSA) is 123 Å². The molecule has 2 fully saturated rings. The van der Waals surface area contributed by atoms with Crippen molar-refractivity contribution < 1.29 is 24.0 Å². The maximum absolute atomic E-state index is 12.8. The summed E-state index contributed by atoms with van der Waals surface area (Å²) in [4.78, 5) is 54.8. The average molecular weight is 483 g/mol. The fraction of sp³-hybridized carbons (Fsp3) is 0.304. The molecule has 1 aromatic heterocycles. The molecule has 2 aliphatic rings. The molecule has 2 saturated heterocycles. The number of likely N-dealkylation sites (tertiary alicyclic amines) is 1. The summed E-state index contributed by atoms with van der Waals surface area (Å²) < 4.78 is 5.57. The standard InChI is InChI=1S/C23H22N4O6S/c28-21(25-11-3-1-2-4-12-25)15-26-22(29)19(34-23(26)30)13-16-5-8-18(9-6-16)33-20-10-7-17(14-24-20)27(31)32/h5-10,13-14H,1-4,11-12,15H2/b19-13-. The summed E-state index contributed by atoms with van der Waals surface area (Å²) in [7, 11) is 0. The van der Waals surface area contributed by atoms with E-state index in [0.29, 0.717) is 24.4 Å². The van der Waals surface area contributed by atoms with Crippen LogP contribution in [0.3, 0.4) is 0 Å². The normalized spacial score (nSPS) is 17.7. The lowest BCUT2D eigenvalue weighted by Gasteiger charge is -2.22. The van der Waals surface area contributed by atoms with Crippen molar-refractivity contribution in [3.05, 3.63) is 63.2 Å². The van der Waals surface area contributed by atoms with Crippen molar-refractivity contribution in [1.29, 1.82) is 0 Å². The first-order chi connectivity index (χ1) is 16.4. The van der Waals surface area contributed by atoms with Crippen LogP contribution in [0.2, 0.25) is 0 Å². The van der Waals surface area contributed by atoms with Crippen LogP contribution in [0.15, 0.2) is 47.5 Å². The van der Waals surface area contributed by atoms with Gasteiger partial charge in [0.15, 0.2) is 0 Å².